The summed E-state index contributed by atoms with van der Waals surface area (Å²) in [5.41, 5.74) is 2.16. The summed E-state index contributed by atoms with van der Waals surface area (Å²) in [5.74, 6) is 0.245. The van der Waals surface area contributed by atoms with Crippen LogP contribution in [0, 0.1) is 10.1 Å². The molecule has 3 aromatic carbocycles. The lowest BCUT2D eigenvalue weighted by atomic mass is 10.2. The van der Waals surface area contributed by atoms with E-state index in [1.807, 2.05) is 18.2 Å². The number of nitrogens with one attached hydrogen (secondary N) is 2. The number of fused-ring (bicyclic) bond motifs is 1. The number of carbonyl (C=O) groups is 1. The molecule has 1 amide bonds. The molecule has 1 heterocycles. The number of rotatable bonds is 5. The van der Waals surface area contributed by atoms with E-state index >= 15 is 0 Å². The topological polar surface area (TPSA) is 110 Å². The predicted molar refractivity (Wildman–Crippen MR) is 110 cm³/mol. The maximum Gasteiger partial charge on any atom is 0.271 e. The van der Waals surface area contributed by atoms with E-state index in [1.165, 1.54) is 18.5 Å². The Morgan fingerprint density at radius 2 is 1.62 bits per heavy atom. The fourth-order valence-corrected chi connectivity index (χ4v) is 2.87. The largest absolute Gasteiger partial charge is 0.338 e. The third-order valence-electron chi connectivity index (χ3n) is 4.30. The Labute approximate surface area is 165 Å². The number of para-hydroxylation sites is 2. The molecule has 0 aliphatic carbocycles. The van der Waals surface area contributed by atoms with Crippen molar-refractivity contribution in [3.8, 4) is 0 Å². The van der Waals surface area contributed by atoms with E-state index in [-0.39, 0.29) is 11.6 Å². The summed E-state index contributed by atoms with van der Waals surface area (Å²) in [6.07, 6.45) is 1.33. The van der Waals surface area contributed by atoms with Gasteiger partial charge in [0.1, 0.15) is 12.1 Å². The average molecular weight is 385 g/mol. The fourth-order valence-electron chi connectivity index (χ4n) is 2.87. The van der Waals surface area contributed by atoms with Crippen molar-refractivity contribution in [1.29, 1.82) is 0 Å². The van der Waals surface area contributed by atoms with Crippen LogP contribution in [0.5, 0.6) is 0 Å². The first kappa shape index (κ1) is 18.1. The molecule has 0 unspecified atom stereocenters. The van der Waals surface area contributed by atoms with Gasteiger partial charge in [-0.1, -0.05) is 30.3 Å². The molecule has 0 saturated carbocycles. The van der Waals surface area contributed by atoms with Crippen molar-refractivity contribution < 1.29 is 9.72 Å². The van der Waals surface area contributed by atoms with E-state index in [0.29, 0.717) is 33.7 Å². The van der Waals surface area contributed by atoms with Gasteiger partial charge in [-0.3, -0.25) is 14.9 Å². The van der Waals surface area contributed by atoms with E-state index in [1.54, 1.807) is 42.5 Å². The van der Waals surface area contributed by atoms with Crippen LogP contribution in [0.1, 0.15) is 10.4 Å². The zero-order valence-corrected chi connectivity index (χ0v) is 15.1. The molecule has 0 aliphatic heterocycles. The first-order chi connectivity index (χ1) is 14.1. The summed E-state index contributed by atoms with van der Waals surface area (Å²) in [6, 6.07) is 20.5. The maximum absolute atomic E-state index is 12.5. The van der Waals surface area contributed by atoms with Gasteiger partial charge < -0.3 is 10.6 Å². The van der Waals surface area contributed by atoms with E-state index in [4.69, 9.17) is 0 Å². The zero-order valence-electron chi connectivity index (χ0n) is 15.1. The first-order valence-corrected chi connectivity index (χ1v) is 8.73. The van der Waals surface area contributed by atoms with Crippen molar-refractivity contribution in [2.24, 2.45) is 0 Å². The molecular weight excluding hydrogens is 370 g/mol. The average Bonchev–Trinajstić information content (AvgIpc) is 2.75. The van der Waals surface area contributed by atoms with E-state index < -0.39 is 4.92 Å². The Bertz CT molecular complexity index is 1210. The Hall–Kier alpha value is -4.33. The number of benzene rings is 3. The van der Waals surface area contributed by atoms with Crippen LogP contribution in [0.4, 0.5) is 22.9 Å². The van der Waals surface area contributed by atoms with E-state index in [9.17, 15) is 14.9 Å². The van der Waals surface area contributed by atoms with Crippen LogP contribution < -0.4 is 10.6 Å². The first-order valence-electron chi connectivity index (χ1n) is 8.73. The highest BCUT2D eigenvalue weighted by Gasteiger charge is 2.13. The van der Waals surface area contributed by atoms with Crippen LogP contribution in [-0.2, 0) is 0 Å². The number of nitro benzene ring substituents is 1. The van der Waals surface area contributed by atoms with Gasteiger partial charge in [0.15, 0.2) is 0 Å². The van der Waals surface area contributed by atoms with Crippen LogP contribution in [0.15, 0.2) is 79.1 Å². The minimum absolute atomic E-state index is 0.0438. The summed E-state index contributed by atoms with van der Waals surface area (Å²) in [4.78, 5) is 31.4. The molecule has 4 rings (SSSR count). The normalized spacial score (nSPS) is 10.5. The molecule has 4 aromatic rings. The second kappa shape index (κ2) is 7.73. The lowest BCUT2D eigenvalue weighted by Crippen LogP contribution is -2.13. The number of nitro groups is 1. The Morgan fingerprint density at radius 1 is 0.897 bits per heavy atom. The number of hydrogen-bond acceptors (Lipinski definition) is 6. The minimum Gasteiger partial charge on any atom is -0.338 e. The molecule has 0 radical (unpaired) electrons. The van der Waals surface area contributed by atoms with Crippen LogP contribution >= 0.6 is 0 Å². The molecule has 8 heteroatoms. The highest BCUT2D eigenvalue weighted by Crippen LogP contribution is 2.29. The molecule has 0 atom stereocenters. The number of amides is 1. The fraction of sp³-hybridized carbons (Fsp3) is 0. The van der Waals surface area contributed by atoms with Crippen molar-refractivity contribution >= 4 is 39.7 Å². The smallest absolute Gasteiger partial charge is 0.271 e. The lowest BCUT2D eigenvalue weighted by molar-refractivity contribution is -0.384. The van der Waals surface area contributed by atoms with Gasteiger partial charge >= 0.3 is 0 Å². The zero-order chi connectivity index (χ0) is 20.2. The standard InChI is InChI=1S/C21H15N5O3/c27-21(14-6-2-1-3-7-14)25-18-9-5-4-8-17(18)24-20-16-11-10-15(26(28)29)12-19(16)22-13-23-20/h1-13H,(H,25,27)(H,22,23,24). The van der Waals surface area contributed by atoms with Gasteiger partial charge in [-0.25, -0.2) is 9.97 Å². The molecule has 0 fully saturated rings. The van der Waals surface area contributed by atoms with Crippen LogP contribution in [0.3, 0.4) is 0 Å². The number of nitrogens with zero attached hydrogens (tertiary/aromatic N) is 3. The van der Waals surface area contributed by atoms with E-state index in [0.717, 1.165) is 0 Å². The number of carbonyl (C=O) groups excluding carboxylic acids is 1. The molecule has 29 heavy (non-hydrogen) atoms. The van der Waals surface area contributed by atoms with Gasteiger partial charge in [0, 0.05) is 23.1 Å². The van der Waals surface area contributed by atoms with Gasteiger partial charge in [-0.15, -0.1) is 0 Å². The third kappa shape index (κ3) is 3.86. The van der Waals surface area contributed by atoms with Crippen molar-refractivity contribution in [2.75, 3.05) is 10.6 Å². The monoisotopic (exact) mass is 385 g/mol. The highest BCUT2D eigenvalue weighted by molar-refractivity contribution is 6.06. The predicted octanol–water partition coefficient (Wildman–Crippen LogP) is 4.53. The molecule has 142 valence electrons. The lowest BCUT2D eigenvalue weighted by Gasteiger charge is -2.13. The van der Waals surface area contributed by atoms with Gasteiger partial charge in [-0.2, -0.15) is 0 Å². The van der Waals surface area contributed by atoms with Gasteiger partial charge in [0.25, 0.3) is 11.6 Å². The molecule has 0 saturated heterocycles. The minimum atomic E-state index is -0.469. The van der Waals surface area contributed by atoms with Gasteiger partial charge in [0.2, 0.25) is 0 Å². The van der Waals surface area contributed by atoms with Crippen molar-refractivity contribution in [3.05, 3.63) is 94.8 Å². The number of hydrogen-bond donors (Lipinski definition) is 2. The highest BCUT2D eigenvalue weighted by atomic mass is 16.6. The van der Waals surface area contributed by atoms with Crippen LogP contribution in [0.2, 0.25) is 0 Å². The van der Waals surface area contributed by atoms with Gasteiger partial charge in [0.05, 0.1) is 21.8 Å². The molecule has 1 aromatic heterocycles. The molecule has 2 N–H and O–H groups in total. The number of aromatic nitrogens is 2. The summed E-state index contributed by atoms with van der Waals surface area (Å²) in [6.45, 7) is 0. The summed E-state index contributed by atoms with van der Waals surface area (Å²) in [7, 11) is 0. The van der Waals surface area contributed by atoms with Crippen molar-refractivity contribution in [2.45, 2.75) is 0 Å². The second-order valence-electron chi connectivity index (χ2n) is 6.17. The Balaban J connectivity index is 1.65. The Kier molecular flexibility index (Phi) is 4.81. The van der Waals surface area contributed by atoms with Gasteiger partial charge in [-0.05, 0) is 30.3 Å². The molecule has 0 spiro atoms. The molecule has 0 bridgehead atoms. The SMILES string of the molecule is O=C(Nc1ccccc1Nc1ncnc2cc([N+](=O)[O-])ccc12)c1ccccc1. The number of anilines is 3. The number of non-ortho nitro benzene ring substituents is 1. The quantitative estimate of drug-likeness (QED) is 0.386. The van der Waals surface area contributed by atoms with Crippen LogP contribution in [0.25, 0.3) is 10.9 Å². The Morgan fingerprint density at radius 3 is 2.38 bits per heavy atom. The summed E-state index contributed by atoms with van der Waals surface area (Å²) >= 11 is 0. The summed E-state index contributed by atoms with van der Waals surface area (Å²) < 4.78 is 0. The van der Waals surface area contributed by atoms with E-state index in [2.05, 4.69) is 20.6 Å². The van der Waals surface area contributed by atoms with Crippen LogP contribution in [-0.4, -0.2) is 20.8 Å². The van der Waals surface area contributed by atoms with Crippen molar-refractivity contribution in [3.63, 3.8) is 0 Å². The van der Waals surface area contributed by atoms with Crippen molar-refractivity contribution in [1.82, 2.24) is 9.97 Å². The molecule has 8 nitrogen and oxygen atoms in total. The summed E-state index contributed by atoms with van der Waals surface area (Å²) in [5, 5.41) is 17.7. The maximum atomic E-state index is 12.5. The molecular formula is C21H15N5O3. The third-order valence-corrected chi connectivity index (χ3v) is 4.30. The molecule has 0 aliphatic rings. The second-order valence-corrected chi connectivity index (χ2v) is 6.17.